The summed E-state index contributed by atoms with van der Waals surface area (Å²) in [5, 5.41) is 4.79. The molecular formula is C13H17Cl2NO. The molecule has 0 saturated heterocycles. The van der Waals surface area contributed by atoms with Crippen LogP contribution in [0.15, 0.2) is 18.2 Å². The van der Waals surface area contributed by atoms with Crippen LogP contribution in [0.1, 0.15) is 25.7 Å². The van der Waals surface area contributed by atoms with Crippen molar-refractivity contribution in [3.05, 3.63) is 28.2 Å². The number of hydrogen-bond acceptors (Lipinski definition) is 2. The van der Waals surface area contributed by atoms with Crippen molar-refractivity contribution in [2.75, 3.05) is 12.4 Å². The maximum atomic E-state index is 6.15. The number of halogens is 2. The lowest BCUT2D eigenvalue weighted by atomic mass is 9.92. The van der Waals surface area contributed by atoms with Gasteiger partial charge in [-0.25, -0.2) is 0 Å². The number of methoxy groups -OCH3 is 1. The van der Waals surface area contributed by atoms with E-state index in [1.165, 1.54) is 12.8 Å². The smallest absolute Gasteiger partial charge is 0.0772 e. The Balaban J connectivity index is 2.08. The molecule has 1 aliphatic rings. The van der Waals surface area contributed by atoms with E-state index in [9.17, 15) is 0 Å². The Bertz CT molecular complexity index is 384. The third-order valence-corrected chi connectivity index (χ3v) is 3.83. The molecule has 1 saturated carbocycles. The molecule has 2 nitrogen and oxygen atoms in total. The molecule has 2 atom stereocenters. The van der Waals surface area contributed by atoms with Crippen LogP contribution >= 0.6 is 23.2 Å². The molecule has 1 N–H and O–H groups in total. The number of ether oxygens (including phenoxy) is 1. The minimum absolute atomic E-state index is 0.274. The molecule has 17 heavy (non-hydrogen) atoms. The van der Waals surface area contributed by atoms with Crippen molar-refractivity contribution in [2.45, 2.75) is 37.8 Å². The lowest BCUT2D eigenvalue weighted by molar-refractivity contribution is 0.0606. The molecule has 0 spiro atoms. The van der Waals surface area contributed by atoms with Crippen molar-refractivity contribution in [3.63, 3.8) is 0 Å². The molecule has 0 amide bonds. The van der Waals surface area contributed by atoms with E-state index < -0.39 is 0 Å². The minimum atomic E-state index is 0.274. The van der Waals surface area contributed by atoms with E-state index in [-0.39, 0.29) is 6.10 Å². The Labute approximate surface area is 112 Å². The lowest BCUT2D eigenvalue weighted by Gasteiger charge is -2.32. The summed E-state index contributed by atoms with van der Waals surface area (Å²) in [6.45, 7) is 0. The quantitative estimate of drug-likeness (QED) is 0.884. The fourth-order valence-electron chi connectivity index (χ4n) is 2.35. The van der Waals surface area contributed by atoms with Gasteiger partial charge in [-0.1, -0.05) is 36.0 Å². The first-order valence-electron chi connectivity index (χ1n) is 5.95. The predicted octanol–water partition coefficient (Wildman–Crippen LogP) is 4.36. The molecule has 2 unspecified atom stereocenters. The molecule has 1 aromatic rings. The van der Waals surface area contributed by atoms with Crippen LogP contribution < -0.4 is 5.32 Å². The van der Waals surface area contributed by atoms with Crippen LogP contribution in [-0.2, 0) is 4.74 Å². The molecule has 0 aliphatic heterocycles. The van der Waals surface area contributed by atoms with Gasteiger partial charge in [-0.05, 0) is 31.0 Å². The van der Waals surface area contributed by atoms with Gasteiger partial charge in [0.2, 0.25) is 0 Å². The van der Waals surface area contributed by atoms with Crippen molar-refractivity contribution in [2.24, 2.45) is 0 Å². The van der Waals surface area contributed by atoms with Crippen LogP contribution in [0.3, 0.4) is 0 Å². The van der Waals surface area contributed by atoms with Gasteiger partial charge in [0, 0.05) is 12.1 Å². The molecule has 4 heteroatoms. The molecule has 0 bridgehead atoms. The van der Waals surface area contributed by atoms with Gasteiger partial charge in [-0.3, -0.25) is 0 Å². The third kappa shape index (κ3) is 3.27. The summed E-state index contributed by atoms with van der Waals surface area (Å²) in [7, 11) is 1.77. The summed E-state index contributed by atoms with van der Waals surface area (Å²) in [6, 6.07) is 5.87. The van der Waals surface area contributed by atoms with Gasteiger partial charge in [-0.15, -0.1) is 0 Å². The van der Waals surface area contributed by atoms with Crippen molar-refractivity contribution in [1.29, 1.82) is 0 Å². The van der Waals surface area contributed by atoms with Gasteiger partial charge in [0.1, 0.15) is 0 Å². The average Bonchev–Trinajstić information content (AvgIpc) is 2.33. The van der Waals surface area contributed by atoms with E-state index in [2.05, 4.69) is 5.32 Å². The maximum Gasteiger partial charge on any atom is 0.0772 e. The zero-order valence-electron chi connectivity index (χ0n) is 9.88. The number of nitrogens with one attached hydrogen (secondary N) is 1. The van der Waals surface area contributed by atoms with Crippen molar-refractivity contribution in [1.82, 2.24) is 0 Å². The highest BCUT2D eigenvalue weighted by molar-refractivity contribution is 6.36. The fourth-order valence-corrected chi connectivity index (χ4v) is 2.81. The Morgan fingerprint density at radius 2 is 2.00 bits per heavy atom. The lowest BCUT2D eigenvalue weighted by Crippen LogP contribution is -2.37. The number of hydrogen-bond donors (Lipinski definition) is 1. The second-order valence-corrected chi connectivity index (χ2v) is 5.28. The van der Waals surface area contributed by atoms with Crippen LogP contribution in [0, 0.1) is 0 Å². The summed E-state index contributed by atoms with van der Waals surface area (Å²) in [4.78, 5) is 0. The summed E-state index contributed by atoms with van der Waals surface area (Å²) < 4.78 is 5.51. The summed E-state index contributed by atoms with van der Waals surface area (Å²) in [5.74, 6) is 0. The first-order chi connectivity index (χ1) is 8.20. The van der Waals surface area contributed by atoms with E-state index in [1.54, 1.807) is 13.2 Å². The number of benzene rings is 1. The summed E-state index contributed by atoms with van der Waals surface area (Å²) in [6.07, 6.45) is 4.99. The van der Waals surface area contributed by atoms with E-state index in [1.807, 2.05) is 12.1 Å². The second-order valence-electron chi connectivity index (χ2n) is 4.43. The molecule has 1 aromatic carbocycles. The first-order valence-corrected chi connectivity index (χ1v) is 6.70. The molecule has 2 rings (SSSR count). The number of anilines is 1. The molecule has 1 fully saturated rings. The molecule has 1 aliphatic carbocycles. The van der Waals surface area contributed by atoms with Gasteiger partial charge in [-0.2, -0.15) is 0 Å². The normalized spacial score (nSPS) is 24.6. The monoisotopic (exact) mass is 273 g/mol. The van der Waals surface area contributed by atoms with Gasteiger partial charge in [0.25, 0.3) is 0 Å². The number of rotatable bonds is 3. The van der Waals surface area contributed by atoms with Crippen molar-refractivity contribution < 1.29 is 4.74 Å². The Kier molecular flexibility index (Phi) is 4.55. The van der Waals surface area contributed by atoms with Crippen LogP contribution in [0.4, 0.5) is 5.69 Å². The van der Waals surface area contributed by atoms with E-state index in [0.29, 0.717) is 16.1 Å². The van der Waals surface area contributed by atoms with Crippen LogP contribution in [0.25, 0.3) is 0 Å². The van der Waals surface area contributed by atoms with Gasteiger partial charge in [0.15, 0.2) is 0 Å². The van der Waals surface area contributed by atoms with Crippen LogP contribution in [0.5, 0.6) is 0 Å². The topological polar surface area (TPSA) is 21.3 Å². The zero-order chi connectivity index (χ0) is 12.3. The highest BCUT2D eigenvalue weighted by Crippen LogP contribution is 2.29. The van der Waals surface area contributed by atoms with Gasteiger partial charge < -0.3 is 10.1 Å². The molecule has 0 radical (unpaired) electrons. The molecular weight excluding hydrogens is 257 g/mol. The summed E-state index contributed by atoms with van der Waals surface area (Å²) >= 11 is 12.0. The standard InChI is InChI=1S/C13H17Cl2NO/c1-17-13-5-3-2-4-12(13)16-11-7-6-9(14)8-10(11)15/h6-8,12-13,16H,2-5H2,1H3. The van der Waals surface area contributed by atoms with E-state index in [4.69, 9.17) is 27.9 Å². The maximum absolute atomic E-state index is 6.15. The van der Waals surface area contributed by atoms with Gasteiger partial charge >= 0.3 is 0 Å². The first kappa shape index (κ1) is 13.0. The molecule has 0 aromatic heterocycles. The second kappa shape index (κ2) is 5.94. The highest BCUT2D eigenvalue weighted by atomic mass is 35.5. The predicted molar refractivity (Wildman–Crippen MR) is 73.1 cm³/mol. The highest BCUT2D eigenvalue weighted by Gasteiger charge is 2.25. The molecule has 94 valence electrons. The fraction of sp³-hybridized carbons (Fsp3) is 0.538. The minimum Gasteiger partial charge on any atom is -0.379 e. The Hall–Kier alpha value is -0.440. The van der Waals surface area contributed by atoms with Crippen molar-refractivity contribution in [3.8, 4) is 0 Å². The van der Waals surface area contributed by atoms with Gasteiger partial charge in [0.05, 0.1) is 22.9 Å². The van der Waals surface area contributed by atoms with Crippen LogP contribution in [-0.4, -0.2) is 19.3 Å². The SMILES string of the molecule is COC1CCCCC1Nc1ccc(Cl)cc1Cl. The Morgan fingerprint density at radius 1 is 1.24 bits per heavy atom. The summed E-state index contributed by atoms with van der Waals surface area (Å²) in [5.41, 5.74) is 0.935. The Morgan fingerprint density at radius 3 is 2.71 bits per heavy atom. The zero-order valence-corrected chi connectivity index (χ0v) is 11.4. The average molecular weight is 274 g/mol. The van der Waals surface area contributed by atoms with E-state index in [0.717, 1.165) is 18.5 Å². The van der Waals surface area contributed by atoms with Crippen molar-refractivity contribution >= 4 is 28.9 Å². The largest absolute Gasteiger partial charge is 0.379 e. The van der Waals surface area contributed by atoms with Crippen LogP contribution in [0.2, 0.25) is 10.0 Å². The third-order valence-electron chi connectivity index (χ3n) is 3.28. The molecule has 0 heterocycles. The van der Waals surface area contributed by atoms with E-state index >= 15 is 0 Å².